The van der Waals surface area contributed by atoms with E-state index in [1.807, 2.05) is 19.1 Å². The van der Waals surface area contributed by atoms with Crippen LogP contribution in [0.3, 0.4) is 0 Å². The van der Waals surface area contributed by atoms with E-state index in [0.29, 0.717) is 5.02 Å². The van der Waals surface area contributed by atoms with Gasteiger partial charge in [0.2, 0.25) is 0 Å². The molecule has 1 N–H and O–H groups in total. The second-order valence-electron chi connectivity index (χ2n) is 2.77. The topological polar surface area (TPSA) is 24.9 Å². The van der Waals surface area contributed by atoms with Crippen LogP contribution in [-0.4, -0.2) is 11.5 Å². The Morgan fingerprint density at radius 2 is 2.43 bits per heavy atom. The van der Waals surface area contributed by atoms with E-state index >= 15 is 0 Å². The van der Waals surface area contributed by atoms with E-state index in [4.69, 9.17) is 11.6 Å². The molecule has 1 heterocycles. The largest absolute Gasteiger partial charge is 0.369 e. The van der Waals surface area contributed by atoms with Gasteiger partial charge in [0.25, 0.3) is 0 Å². The summed E-state index contributed by atoms with van der Waals surface area (Å²) in [5.74, 6) is 0.832. The number of hydrogen-bond acceptors (Lipinski definition) is 2. The maximum Gasteiger partial charge on any atom is 0.140 e. The van der Waals surface area contributed by atoms with Gasteiger partial charge < -0.3 is 5.32 Å². The van der Waals surface area contributed by atoms with Gasteiger partial charge in [-0.15, -0.1) is 0 Å². The van der Waals surface area contributed by atoms with Crippen LogP contribution in [0.1, 0.15) is 13.3 Å². The van der Waals surface area contributed by atoms with Crippen molar-refractivity contribution in [3.8, 4) is 0 Å². The summed E-state index contributed by atoms with van der Waals surface area (Å²) in [4.78, 5) is 4.16. The van der Waals surface area contributed by atoms with Crippen molar-refractivity contribution in [2.45, 2.75) is 13.3 Å². The molecule has 1 aromatic rings. The van der Waals surface area contributed by atoms with Gasteiger partial charge in [-0.25, -0.2) is 4.98 Å². The molecule has 0 aromatic carbocycles. The van der Waals surface area contributed by atoms with Gasteiger partial charge in [0.1, 0.15) is 5.82 Å². The van der Waals surface area contributed by atoms with E-state index in [9.17, 15) is 0 Å². The first-order valence-corrected chi connectivity index (χ1v) is 5.57. The number of pyridine rings is 1. The fourth-order valence-electron chi connectivity index (χ4n) is 0.985. The Morgan fingerprint density at radius 3 is 3.07 bits per heavy atom. The van der Waals surface area contributed by atoms with Crippen molar-refractivity contribution in [3.63, 3.8) is 0 Å². The zero-order valence-electron chi connectivity index (χ0n) is 7.93. The van der Waals surface area contributed by atoms with E-state index in [0.717, 1.165) is 23.3 Å². The molecule has 2 nitrogen and oxygen atoms in total. The molecule has 4 heteroatoms. The Bertz CT molecular complexity index is 326. The van der Waals surface area contributed by atoms with Gasteiger partial charge in [0.15, 0.2) is 0 Å². The molecule has 14 heavy (non-hydrogen) atoms. The fraction of sp³-hybridized carbons (Fsp3) is 0.300. The van der Waals surface area contributed by atoms with Crippen molar-refractivity contribution in [2.24, 2.45) is 0 Å². The Labute approximate surface area is 97.5 Å². The lowest BCUT2D eigenvalue weighted by molar-refractivity contribution is 1.04. The minimum absolute atomic E-state index is 0.635. The van der Waals surface area contributed by atoms with E-state index < -0.39 is 0 Å². The first-order valence-electron chi connectivity index (χ1n) is 4.40. The minimum atomic E-state index is 0.635. The van der Waals surface area contributed by atoms with Crippen LogP contribution in [-0.2, 0) is 0 Å². The smallest absolute Gasteiger partial charge is 0.140 e. The standard InChI is InChI=1S/C10H12BrClN2/c1-2-3-4-5-13-10-9(11)6-8(12)7-14-10/h2-3,6-7H,4-5H2,1H3,(H,13,14)/b3-2+. The number of anilines is 1. The normalized spacial score (nSPS) is 10.8. The summed E-state index contributed by atoms with van der Waals surface area (Å²) >= 11 is 9.16. The number of aromatic nitrogens is 1. The predicted molar refractivity (Wildman–Crippen MR) is 64.9 cm³/mol. The molecule has 1 aromatic heterocycles. The highest BCUT2D eigenvalue weighted by atomic mass is 79.9. The minimum Gasteiger partial charge on any atom is -0.369 e. The highest BCUT2D eigenvalue weighted by Gasteiger charge is 2.00. The highest BCUT2D eigenvalue weighted by molar-refractivity contribution is 9.10. The molecule has 0 unspecified atom stereocenters. The molecule has 76 valence electrons. The van der Waals surface area contributed by atoms with Crippen LogP contribution in [0.2, 0.25) is 5.02 Å². The molecular formula is C10H12BrClN2. The van der Waals surface area contributed by atoms with Crippen LogP contribution in [0, 0.1) is 0 Å². The summed E-state index contributed by atoms with van der Waals surface area (Å²) in [6.07, 6.45) is 6.76. The van der Waals surface area contributed by atoms with E-state index in [1.54, 1.807) is 6.20 Å². The quantitative estimate of drug-likeness (QED) is 0.666. The third kappa shape index (κ3) is 3.68. The Kier molecular flexibility index (Phi) is 4.98. The van der Waals surface area contributed by atoms with Gasteiger partial charge in [-0.1, -0.05) is 23.8 Å². The average molecular weight is 276 g/mol. The Balaban J connectivity index is 2.50. The summed E-state index contributed by atoms with van der Waals surface area (Å²) in [6.45, 7) is 2.88. The van der Waals surface area contributed by atoms with Crippen LogP contribution < -0.4 is 5.32 Å². The van der Waals surface area contributed by atoms with Gasteiger partial charge in [-0.05, 0) is 35.3 Å². The van der Waals surface area contributed by atoms with E-state index in [1.165, 1.54) is 0 Å². The lowest BCUT2D eigenvalue weighted by atomic mass is 10.4. The summed E-state index contributed by atoms with van der Waals surface area (Å²) in [6, 6.07) is 1.83. The van der Waals surface area contributed by atoms with Crippen LogP contribution in [0.15, 0.2) is 28.9 Å². The highest BCUT2D eigenvalue weighted by Crippen LogP contribution is 2.22. The van der Waals surface area contributed by atoms with Gasteiger partial charge >= 0.3 is 0 Å². The zero-order chi connectivity index (χ0) is 10.4. The Morgan fingerprint density at radius 1 is 1.64 bits per heavy atom. The number of rotatable bonds is 4. The lowest BCUT2D eigenvalue weighted by Crippen LogP contribution is -2.02. The number of nitrogens with one attached hydrogen (secondary N) is 1. The Hall–Kier alpha value is -0.540. The van der Waals surface area contributed by atoms with Crippen molar-refractivity contribution >= 4 is 33.3 Å². The summed E-state index contributed by atoms with van der Waals surface area (Å²) in [5.41, 5.74) is 0. The third-order valence-electron chi connectivity index (χ3n) is 1.65. The molecular weight excluding hydrogens is 263 g/mol. The molecule has 0 spiro atoms. The first-order chi connectivity index (χ1) is 6.74. The number of halogens is 2. The summed E-state index contributed by atoms with van der Waals surface area (Å²) in [7, 11) is 0. The first kappa shape index (κ1) is 11.5. The molecule has 0 atom stereocenters. The van der Waals surface area contributed by atoms with Crippen LogP contribution in [0.25, 0.3) is 0 Å². The molecule has 0 bridgehead atoms. The van der Waals surface area contributed by atoms with Gasteiger partial charge in [-0.2, -0.15) is 0 Å². The molecule has 0 radical (unpaired) electrons. The van der Waals surface area contributed by atoms with Gasteiger partial charge in [0.05, 0.1) is 9.50 Å². The summed E-state index contributed by atoms with van der Waals surface area (Å²) in [5, 5.41) is 3.84. The maximum absolute atomic E-state index is 5.77. The molecule has 0 saturated heterocycles. The molecule has 0 aliphatic heterocycles. The van der Waals surface area contributed by atoms with Crippen molar-refractivity contribution in [1.29, 1.82) is 0 Å². The van der Waals surface area contributed by atoms with Crippen LogP contribution in [0.4, 0.5) is 5.82 Å². The molecule has 0 amide bonds. The molecule has 0 aliphatic carbocycles. The van der Waals surface area contributed by atoms with Crippen molar-refractivity contribution < 1.29 is 0 Å². The number of hydrogen-bond donors (Lipinski definition) is 1. The molecule has 1 rings (SSSR count). The van der Waals surface area contributed by atoms with Gasteiger partial charge in [-0.3, -0.25) is 0 Å². The number of allylic oxidation sites excluding steroid dienone is 1. The van der Waals surface area contributed by atoms with Crippen molar-refractivity contribution in [1.82, 2.24) is 4.98 Å². The second kappa shape index (κ2) is 6.04. The third-order valence-corrected chi connectivity index (χ3v) is 2.46. The second-order valence-corrected chi connectivity index (χ2v) is 4.06. The van der Waals surface area contributed by atoms with Crippen molar-refractivity contribution in [2.75, 3.05) is 11.9 Å². The van der Waals surface area contributed by atoms with Crippen LogP contribution in [0.5, 0.6) is 0 Å². The van der Waals surface area contributed by atoms with Crippen LogP contribution >= 0.6 is 27.5 Å². The predicted octanol–water partition coefficient (Wildman–Crippen LogP) is 3.88. The maximum atomic E-state index is 5.77. The van der Waals surface area contributed by atoms with Gasteiger partial charge in [0, 0.05) is 12.7 Å². The monoisotopic (exact) mass is 274 g/mol. The summed E-state index contributed by atoms with van der Waals surface area (Å²) < 4.78 is 0.894. The molecule has 0 saturated carbocycles. The fourth-order valence-corrected chi connectivity index (χ4v) is 1.76. The SMILES string of the molecule is C/C=C/CCNc1ncc(Cl)cc1Br. The zero-order valence-corrected chi connectivity index (χ0v) is 10.3. The molecule has 0 fully saturated rings. The average Bonchev–Trinajstić information content (AvgIpc) is 2.15. The van der Waals surface area contributed by atoms with Crippen molar-refractivity contribution in [3.05, 3.63) is 33.9 Å². The van der Waals surface area contributed by atoms with E-state index in [2.05, 4.69) is 32.3 Å². The number of nitrogens with zero attached hydrogens (tertiary/aromatic N) is 1. The molecule has 0 aliphatic rings. The lowest BCUT2D eigenvalue weighted by Gasteiger charge is -2.05. The van der Waals surface area contributed by atoms with E-state index in [-0.39, 0.29) is 0 Å².